The molecule has 0 spiro atoms. The van der Waals surface area contributed by atoms with Gasteiger partial charge in [-0.2, -0.15) is 0 Å². The summed E-state index contributed by atoms with van der Waals surface area (Å²) in [7, 11) is 0. The zero-order valence-electron chi connectivity index (χ0n) is 13.3. The third kappa shape index (κ3) is 3.62. The van der Waals surface area contributed by atoms with Gasteiger partial charge in [-0.3, -0.25) is 0 Å². The second-order valence-corrected chi connectivity index (χ2v) is 7.25. The van der Waals surface area contributed by atoms with Crippen molar-refractivity contribution in [1.82, 2.24) is 5.32 Å². The highest BCUT2D eigenvalue weighted by molar-refractivity contribution is 5.38. The monoisotopic (exact) mass is 275 g/mol. The van der Waals surface area contributed by atoms with E-state index in [9.17, 15) is 5.11 Å². The second-order valence-electron chi connectivity index (χ2n) is 7.25. The number of aliphatic hydroxyl groups excluding tert-OH is 1. The molecular weight excluding hydrogens is 246 g/mol. The van der Waals surface area contributed by atoms with Crippen LogP contribution in [0.4, 0.5) is 0 Å². The summed E-state index contributed by atoms with van der Waals surface area (Å²) < 4.78 is 0. The fraction of sp³-hybridized carbons (Fsp3) is 0.667. The second kappa shape index (κ2) is 6.28. The first kappa shape index (κ1) is 15.5. The molecule has 0 fully saturated rings. The van der Waals surface area contributed by atoms with Crippen molar-refractivity contribution in [2.24, 2.45) is 5.92 Å². The Morgan fingerprint density at radius 3 is 2.70 bits per heavy atom. The Bertz CT molecular complexity index is 439. The first-order valence-corrected chi connectivity index (χ1v) is 7.91. The molecule has 2 rings (SSSR count). The molecule has 1 aromatic carbocycles. The lowest BCUT2D eigenvalue weighted by molar-refractivity contribution is 0.140. The molecule has 0 saturated heterocycles. The van der Waals surface area contributed by atoms with Crippen LogP contribution in [0.25, 0.3) is 0 Å². The SMILES string of the molecule is CC(C)CC(O)CNC1CCC(C)(C)c2ccccc21. The molecule has 2 nitrogen and oxygen atoms in total. The minimum Gasteiger partial charge on any atom is -0.392 e. The number of aliphatic hydroxyl groups is 1. The van der Waals surface area contributed by atoms with E-state index in [1.54, 1.807) is 0 Å². The molecule has 0 saturated carbocycles. The van der Waals surface area contributed by atoms with Crippen LogP contribution in [0.15, 0.2) is 24.3 Å². The molecule has 2 unspecified atom stereocenters. The number of fused-ring (bicyclic) bond motifs is 1. The van der Waals surface area contributed by atoms with Crippen molar-refractivity contribution in [3.05, 3.63) is 35.4 Å². The highest BCUT2D eigenvalue weighted by Gasteiger charge is 2.32. The van der Waals surface area contributed by atoms with Gasteiger partial charge in [0.1, 0.15) is 0 Å². The molecule has 0 heterocycles. The summed E-state index contributed by atoms with van der Waals surface area (Å²) in [6.07, 6.45) is 2.98. The van der Waals surface area contributed by atoms with E-state index in [0.29, 0.717) is 18.5 Å². The predicted molar refractivity (Wildman–Crippen MR) is 84.9 cm³/mol. The minimum atomic E-state index is -0.239. The van der Waals surface area contributed by atoms with E-state index in [1.165, 1.54) is 17.5 Å². The molecule has 0 bridgehead atoms. The van der Waals surface area contributed by atoms with Crippen LogP contribution in [-0.2, 0) is 5.41 Å². The molecule has 20 heavy (non-hydrogen) atoms. The Kier molecular flexibility index (Phi) is 4.87. The molecular formula is C18H29NO. The largest absolute Gasteiger partial charge is 0.392 e. The van der Waals surface area contributed by atoms with E-state index in [0.717, 1.165) is 12.8 Å². The third-order valence-electron chi connectivity index (χ3n) is 4.47. The van der Waals surface area contributed by atoms with Gasteiger partial charge in [-0.05, 0) is 41.7 Å². The van der Waals surface area contributed by atoms with Crippen molar-refractivity contribution in [2.75, 3.05) is 6.54 Å². The lowest BCUT2D eigenvalue weighted by Crippen LogP contribution is -2.36. The maximum absolute atomic E-state index is 10.0. The Labute approximate surface area is 123 Å². The van der Waals surface area contributed by atoms with Crippen molar-refractivity contribution in [2.45, 2.75) is 64.5 Å². The average Bonchev–Trinajstić information content (AvgIpc) is 2.37. The van der Waals surface area contributed by atoms with Gasteiger partial charge in [0.05, 0.1) is 6.10 Å². The summed E-state index contributed by atoms with van der Waals surface area (Å²) in [4.78, 5) is 0. The van der Waals surface area contributed by atoms with Crippen LogP contribution in [0.1, 0.15) is 64.1 Å². The van der Waals surface area contributed by atoms with E-state index >= 15 is 0 Å². The molecule has 1 aliphatic carbocycles. The fourth-order valence-electron chi connectivity index (χ4n) is 3.33. The summed E-state index contributed by atoms with van der Waals surface area (Å²) >= 11 is 0. The van der Waals surface area contributed by atoms with E-state index in [1.807, 2.05) is 0 Å². The molecule has 0 aromatic heterocycles. The number of rotatable bonds is 5. The van der Waals surface area contributed by atoms with E-state index in [2.05, 4.69) is 57.3 Å². The Morgan fingerprint density at radius 1 is 1.30 bits per heavy atom. The third-order valence-corrected chi connectivity index (χ3v) is 4.47. The number of hydrogen-bond acceptors (Lipinski definition) is 2. The molecule has 2 heteroatoms. The van der Waals surface area contributed by atoms with Gasteiger partial charge in [0.25, 0.3) is 0 Å². The molecule has 2 atom stereocenters. The highest BCUT2D eigenvalue weighted by atomic mass is 16.3. The summed E-state index contributed by atoms with van der Waals surface area (Å²) in [5.74, 6) is 0.546. The van der Waals surface area contributed by atoms with Gasteiger partial charge >= 0.3 is 0 Å². The summed E-state index contributed by atoms with van der Waals surface area (Å²) in [6, 6.07) is 9.15. The van der Waals surface area contributed by atoms with Gasteiger partial charge in [0, 0.05) is 12.6 Å². The van der Waals surface area contributed by atoms with Crippen LogP contribution in [0.3, 0.4) is 0 Å². The standard InChI is InChI=1S/C18H29NO/c1-13(2)11-14(20)12-19-17-9-10-18(3,4)16-8-6-5-7-15(16)17/h5-8,13-14,17,19-20H,9-12H2,1-4H3. The van der Waals surface area contributed by atoms with Gasteiger partial charge in [-0.15, -0.1) is 0 Å². The first-order chi connectivity index (χ1) is 9.40. The lowest BCUT2D eigenvalue weighted by Gasteiger charge is -2.37. The Balaban J connectivity index is 2.04. The smallest absolute Gasteiger partial charge is 0.0667 e. The summed E-state index contributed by atoms with van der Waals surface area (Å²) in [5.41, 5.74) is 3.15. The average molecular weight is 275 g/mol. The highest BCUT2D eigenvalue weighted by Crippen LogP contribution is 2.41. The maximum atomic E-state index is 10.0. The molecule has 1 aromatic rings. The fourth-order valence-corrected chi connectivity index (χ4v) is 3.33. The predicted octanol–water partition coefficient (Wildman–Crippen LogP) is 3.80. The molecule has 0 aliphatic heterocycles. The van der Waals surface area contributed by atoms with Crippen molar-refractivity contribution in [3.8, 4) is 0 Å². The molecule has 112 valence electrons. The van der Waals surface area contributed by atoms with Crippen LogP contribution >= 0.6 is 0 Å². The van der Waals surface area contributed by atoms with Gasteiger partial charge in [0.2, 0.25) is 0 Å². The van der Waals surface area contributed by atoms with Crippen molar-refractivity contribution >= 4 is 0 Å². The van der Waals surface area contributed by atoms with Crippen LogP contribution in [-0.4, -0.2) is 17.8 Å². The normalized spacial score (nSPS) is 22.6. The zero-order chi connectivity index (χ0) is 14.8. The molecule has 0 amide bonds. The van der Waals surface area contributed by atoms with Crippen LogP contribution in [0, 0.1) is 5.92 Å². The number of benzene rings is 1. The van der Waals surface area contributed by atoms with E-state index in [-0.39, 0.29) is 11.5 Å². The van der Waals surface area contributed by atoms with Crippen LogP contribution in [0.5, 0.6) is 0 Å². The quantitative estimate of drug-likeness (QED) is 0.857. The van der Waals surface area contributed by atoms with Gasteiger partial charge in [-0.1, -0.05) is 52.0 Å². The Morgan fingerprint density at radius 2 is 2.00 bits per heavy atom. The Hall–Kier alpha value is -0.860. The zero-order valence-corrected chi connectivity index (χ0v) is 13.3. The van der Waals surface area contributed by atoms with Crippen molar-refractivity contribution < 1.29 is 5.11 Å². The van der Waals surface area contributed by atoms with Gasteiger partial charge in [0.15, 0.2) is 0 Å². The summed E-state index contributed by atoms with van der Waals surface area (Å²) in [6.45, 7) is 9.66. The number of nitrogens with one attached hydrogen (secondary N) is 1. The van der Waals surface area contributed by atoms with Crippen LogP contribution < -0.4 is 5.32 Å². The van der Waals surface area contributed by atoms with Gasteiger partial charge < -0.3 is 10.4 Å². The van der Waals surface area contributed by atoms with Crippen molar-refractivity contribution in [1.29, 1.82) is 0 Å². The topological polar surface area (TPSA) is 32.3 Å². The molecule has 0 radical (unpaired) electrons. The lowest BCUT2D eigenvalue weighted by atomic mass is 9.71. The first-order valence-electron chi connectivity index (χ1n) is 7.91. The number of hydrogen-bond donors (Lipinski definition) is 2. The summed E-state index contributed by atoms with van der Waals surface area (Å²) in [5, 5.41) is 13.6. The van der Waals surface area contributed by atoms with E-state index in [4.69, 9.17) is 0 Å². The van der Waals surface area contributed by atoms with Gasteiger partial charge in [-0.25, -0.2) is 0 Å². The maximum Gasteiger partial charge on any atom is 0.0667 e. The molecule has 2 N–H and O–H groups in total. The molecule has 1 aliphatic rings. The van der Waals surface area contributed by atoms with Crippen LogP contribution in [0.2, 0.25) is 0 Å². The van der Waals surface area contributed by atoms with E-state index < -0.39 is 0 Å². The van der Waals surface area contributed by atoms with Crippen molar-refractivity contribution in [3.63, 3.8) is 0 Å². The minimum absolute atomic E-state index is 0.239.